The zero-order valence-corrected chi connectivity index (χ0v) is 17.7. The number of hydrogen-bond donors (Lipinski definition) is 1. The quantitative estimate of drug-likeness (QED) is 0.755. The second-order valence-corrected chi connectivity index (χ2v) is 9.93. The van der Waals surface area contributed by atoms with Gasteiger partial charge in [0, 0.05) is 36.9 Å². The average Bonchev–Trinajstić information content (AvgIpc) is 3.00. The van der Waals surface area contributed by atoms with E-state index in [0.717, 1.165) is 0 Å². The lowest BCUT2D eigenvalue weighted by Crippen LogP contribution is -2.53. The van der Waals surface area contributed by atoms with Gasteiger partial charge in [-0.15, -0.1) is 0 Å². The Morgan fingerprint density at radius 1 is 1.29 bits per heavy atom. The van der Waals surface area contributed by atoms with Crippen molar-refractivity contribution in [3.05, 3.63) is 44.6 Å². The standard InChI is InChI=1S/C17H20ClN3O5S2/c1-11-16(27-17(23)19-11)28(24,25)21-8-6-20(7-9-21)15(22)12(2)26-14-5-3-4-13(18)10-14/h3-5,10,12H,6-9H2,1-2H3,(H,19,23). The fraction of sp³-hybridized carbons (Fsp3) is 0.412. The number of aromatic nitrogens is 1. The Labute approximate surface area is 171 Å². The monoisotopic (exact) mass is 445 g/mol. The van der Waals surface area contributed by atoms with Gasteiger partial charge in [0.1, 0.15) is 5.75 Å². The third-order valence-electron chi connectivity index (χ3n) is 4.36. The number of thiazole rings is 1. The molecular formula is C17H20ClN3O5S2. The number of ether oxygens (including phenoxy) is 1. The summed E-state index contributed by atoms with van der Waals surface area (Å²) in [6.07, 6.45) is -0.723. The molecule has 0 bridgehead atoms. The molecule has 28 heavy (non-hydrogen) atoms. The molecule has 0 saturated carbocycles. The molecule has 1 unspecified atom stereocenters. The Bertz CT molecular complexity index is 1030. The maximum absolute atomic E-state index is 12.7. The number of halogens is 1. The van der Waals surface area contributed by atoms with Gasteiger partial charge in [0.2, 0.25) is 0 Å². The van der Waals surface area contributed by atoms with E-state index in [2.05, 4.69) is 4.98 Å². The Morgan fingerprint density at radius 3 is 2.54 bits per heavy atom. The van der Waals surface area contributed by atoms with Crippen molar-refractivity contribution in [2.24, 2.45) is 0 Å². The Balaban J connectivity index is 1.62. The van der Waals surface area contributed by atoms with Crippen molar-refractivity contribution >= 4 is 38.9 Å². The third-order valence-corrected chi connectivity index (χ3v) is 8.08. The summed E-state index contributed by atoms with van der Waals surface area (Å²) in [6.45, 7) is 4.01. The van der Waals surface area contributed by atoms with Gasteiger partial charge in [-0.1, -0.05) is 29.0 Å². The van der Waals surface area contributed by atoms with Crippen LogP contribution in [0.4, 0.5) is 0 Å². The second kappa shape index (κ2) is 8.24. The van der Waals surface area contributed by atoms with Crippen molar-refractivity contribution in [3.8, 4) is 5.75 Å². The van der Waals surface area contributed by atoms with Crippen LogP contribution in [0.5, 0.6) is 5.75 Å². The molecule has 0 radical (unpaired) electrons. The van der Waals surface area contributed by atoms with E-state index < -0.39 is 21.0 Å². The van der Waals surface area contributed by atoms with Crippen molar-refractivity contribution in [2.45, 2.75) is 24.2 Å². The van der Waals surface area contributed by atoms with Crippen LogP contribution in [0.3, 0.4) is 0 Å². The normalized spacial score (nSPS) is 16.8. The van der Waals surface area contributed by atoms with Gasteiger partial charge in [-0.3, -0.25) is 9.59 Å². The highest BCUT2D eigenvalue weighted by molar-refractivity contribution is 7.91. The summed E-state index contributed by atoms with van der Waals surface area (Å²) in [5.74, 6) is 0.270. The fourth-order valence-corrected chi connectivity index (χ4v) is 5.99. The van der Waals surface area contributed by atoms with E-state index in [-0.39, 0.29) is 36.3 Å². The van der Waals surface area contributed by atoms with E-state index >= 15 is 0 Å². The molecule has 3 rings (SSSR count). The highest BCUT2D eigenvalue weighted by Crippen LogP contribution is 2.23. The summed E-state index contributed by atoms with van der Waals surface area (Å²) in [5.41, 5.74) is 0.331. The number of carbonyl (C=O) groups excluding carboxylic acids is 1. The summed E-state index contributed by atoms with van der Waals surface area (Å²) < 4.78 is 32.5. The van der Waals surface area contributed by atoms with Crippen LogP contribution in [-0.4, -0.2) is 60.8 Å². The van der Waals surface area contributed by atoms with Crippen LogP contribution in [0.1, 0.15) is 12.6 Å². The SMILES string of the molecule is Cc1[nH]c(=O)sc1S(=O)(=O)N1CCN(C(=O)C(C)Oc2cccc(Cl)c2)CC1. The molecule has 0 spiro atoms. The first-order valence-electron chi connectivity index (χ1n) is 8.59. The number of amides is 1. The van der Waals surface area contributed by atoms with E-state index in [1.54, 1.807) is 43.0 Å². The number of rotatable bonds is 5. The number of nitrogens with one attached hydrogen (secondary N) is 1. The van der Waals surface area contributed by atoms with E-state index in [1.165, 1.54) is 4.31 Å². The predicted octanol–water partition coefficient (Wildman–Crippen LogP) is 1.70. The summed E-state index contributed by atoms with van der Waals surface area (Å²) >= 11 is 6.60. The van der Waals surface area contributed by atoms with Crippen molar-refractivity contribution < 1.29 is 17.9 Å². The Hall–Kier alpha value is -1.88. The van der Waals surface area contributed by atoms with Crippen molar-refractivity contribution in [1.82, 2.24) is 14.2 Å². The summed E-state index contributed by atoms with van der Waals surface area (Å²) in [6, 6.07) is 6.78. The maximum atomic E-state index is 12.7. The first-order chi connectivity index (χ1) is 13.2. The van der Waals surface area contributed by atoms with Crippen molar-refractivity contribution in [1.29, 1.82) is 0 Å². The van der Waals surface area contributed by atoms with E-state index in [0.29, 0.717) is 27.8 Å². The lowest BCUT2D eigenvalue weighted by atomic mass is 10.2. The molecule has 1 fully saturated rings. The maximum Gasteiger partial charge on any atom is 0.305 e. The molecule has 1 aromatic carbocycles. The largest absolute Gasteiger partial charge is 0.481 e. The Kier molecular flexibility index (Phi) is 6.13. The van der Waals surface area contributed by atoms with Gasteiger partial charge in [0.15, 0.2) is 10.3 Å². The van der Waals surface area contributed by atoms with E-state index in [4.69, 9.17) is 16.3 Å². The lowest BCUT2D eigenvalue weighted by molar-refractivity contribution is -0.139. The Morgan fingerprint density at radius 2 is 1.96 bits per heavy atom. The fourth-order valence-electron chi connectivity index (χ4n) is 2.95. The van der Waals surface area contributed by atoms with Crippen LogP contribution in [0.15, 0.2) is 33.3 Å². The van der Waals surface area contributed by atoms with Crippen molar-refractivity contribution in [3.63, 3.8) is 0 Å². The first kappa shape index (κ1) is 20.8. The topological polar surface area (TPSA) is 99.8 Å². The van der Waals surface area contributed by atoms with Crippen molar-refractivity contribution in [2.75, 3.05) is 26.2 Å². The first-order valence-corrected chi connectivity index (χ1v) is 11.2. The smallest absolute Gasteiger partial charge is 0.305 e. The van der Waals surface area contributed by atoms with Gasteiger partial charge < -0.3 is 14.6 Å². The minimum Gasteiger partial charge on any atom is -0.481 e. The molecule has 1 amide bonds. The number of carbonyl (C=O) groups is 1. The molecule has 2 heterocycles. The molecule has 8 nitrogen and oxygen atoms in total. The number of benzene rings is 1. The molecule has 1 aliphatic heterocycles. The molecule has 0 aliphatic carbocycles. The van der Waals surface area contributed by atoms with Gasteiger partial charge in [0.05, 0.1) is 0 Å². The zero-order valence-electron chi connectivity index (χ0n) is 15.3. The van der Waals surface area contributed by atoms with Crippen LogP contribution >= 0.6 is 22.9 Å². The molecule has 152 valence electrons. The minimum atomic E-state index is -3.76. The van der Waals surface area contributed by atoms with Crippen LogP contribution in [0, 0.1) is 6.92 Å². The van der Waals surface area contributed by atoms with E-state index in [1.807, 2.05) is 0 Å². The number of aromatic amines is 1. The second-order valence-electron chi connectivity index (χ2n) is 6.37. The number of hydrogen-bond acceptors (Lipinski definition) is 6. The van der Waals surface area contributed by atoms with Gasteiger partial charge in [-0.2, -0.15) is 4.31 Å². The average molecular weight is 446 g/mol. The highest BCUT2D eigenvalue weighted by atomic mass is 35.5. The summed E-state index contributed by atoms with van der Waals surface area (Å²) in [4.78, 5) is 27.7. The number of aryl methyl sites for hydroxylation is 1. The zero-order chi connectivity index (χ0) is 20.5. The minimum absolute atomic E-state index is 0.0231. The third kappa shape index (κ3) is 4.40. The molecule has 2 aromatic rings. The highest BCUT2D eigenvalue weighted by Gasteiger charge is 2.34. The molecule has 1 N–H and O–H groups in total. The molecule has 1 atom stereocenters. The van der Waals surface area contributed by atoms with Crippen LogP contribution in [0.25, 0.3) is 0 Å². The number of piperazine rings is 1. The summed E-state index contributed by atoms with van der Waals surface area (Å²) in [7, 11) is -3.76. The van der Waals surface area contributed by atoms with Gasteiger partial charge in [-0.25, -0.2) is 8.42 Å². The molecule has 1 aliphatic rings. The van der Waals surface area contributed by atoms with Gasteiger partial charge >= 0.3 is 4.87 Å². The molecule has 11 heteroatoms. The predicted molar refractivity (Wildman–Crippen MR) is 107 cm³/mol. The number of nitrogens with zero attached hydrogens (tertiary/aromatic N) is 2. The molecular weight excluding hydrogens is 426 g/mol. The van der Waals surface area contributed by atoms with Gasteiger partial charge in [-0.05, 0) is 32.0 Å². The van der Waals surface area contributed by atoms with Crippen LogP contribution in [0.2, 0.25) is 5.02 Å². The van der Waals surface area contributed by atoms with Gasteiger partial charge in [0.25, 0.3) is 15.9 Å². The van der Waals surface area contributed by atoms with E-state index in [9.17, 15) is 18.0 Å². The van der Waals surface area contributed by atoms with Crippen LogP contribution in [-0.2, 0) is 14.8 Å². The molecule has 1 aromatic heterocycles. The molecule has 1 saturated heterocycles. The number of sulfonamides is 1. The lowest BCUT2D eigenvalue weighted by Gasteiger charge is -2.35. The van der Waals surface area contributed by atoms with Crippen LogP contribution < -0.4 is 9.61 Å². The summed E-state index contributed by atoms with van der Waals surface area (Å²) in [5, 5.41) is 0.512. The number of H-pyrrole nitrogens is 1.